The molecule has 3 heteroatoms. The Kier molecular flexibility index (Phi) is 5.13. The standard InChI is InChI=1S/C17H22N2O/c1-13(2)18-11-16-9-14(3)19-17(10-16)20-12-15-7-5-4-6-8-15/h4-10,13,18H,11-12H2,1-3H3. The van der Waals surface area contributed by atoms with Gasteiger partial charge < -0.3 is 10.1 Å². The predicted molar refractivity (Wildman–Crippen MR) is 81.7 cm³/mol. The normalized spacial score (nSPS) is 10.8. The smallest absolute Gasteiger partial charge is 0.214 e. The van der Waals surface area contributed by atoms with E-state index in [-0.39, 0.29) is 0 Å². The van der Waals surface area contributed by atoms with Crippen molar-refractivity contribution < 1.29 is 4.74 Å². The van der Waals surface area contributed by atoms with Crippen LogP contribution in [0.3, 0.4) is 0 Å². The quantitative estimate of drug-likeness (QED) is 0.872. The number of aryl methyl sites for hydroxylation is 1. The molecule has 2 rings (SSSR count). The minimum Gasteiger partial charge on any atom is -0.473 e. The number of hydrogen-bond acceptors (Lipinski definition) is 3. The largest absolute Gasteiger partial charge is 0.473 e. The summed E-state index contributed by atoms with van der Waals surface area (Å²) in [4.78, 5) is 4.43. The SMILES string of the molecule is Cc1cc(CNC(C)C)cc(OCc2ccccc2)n1. The van der Waals surface area contributed by atoms with Crippen molar-refractivity contribution in [2.45, 2.75) is 40.0 Å². The summed E-state index contributed by atoms with van der Waals surface area (Å²) in [5.74, 6) is 0.689. The van der Waals surface area contributed by atoms with Crippen LogP contribution in [0.1, 0.15) is 30.7 Å². The molecule has 106 valence electrons. The maximum atomic E-state index is 5.78. The third-order valence-electron chi connectivity index (χ3n) is 2.93. The van der Waals surface area contributed by atoms with Crippen LogP contribution in [0, 0.1) is 6.92 Å². The van der Waals surface area contributed by atoms with Crippen molar-refractivity contribution in [2.24, 2.45) is 0 Å². The first-order valence-electron chi connectivity index (χ1n) is 7.01. The van der Waals surface area contributed by atoms with E-state index < -0.39 is 0 Å². The van der Waals surface area contributed by atoms with Crippen LogP contribution in [0.4, 0.5) is 0 Å². The molecule has 0 aliphatic heterocycles. The highest BCUT2D eigenvalue weighted by Crippen LogP contribution is 2.14. The Bertz CT molecular complexity index is 538. The zero-order chi connectivity index (χ0) is 14.4. The highest BCUT2D eigenvalue weighted by Gasteiger charge is 2.03. The minimum absolute atomic E-state index is 0.470. The number of benzene rings is 1. The molecule has 0 radical (unpaired) electrons. The molecule has 0 saturated carbocycles. The second-order valence-corrected chi connectivity index (χ2v) is 5.26. The number of nitrogens with zero attached hydrogens (tertiary/aromatic N) is 1. The van der Waals surface area contributed by atoms with E-state index in [4.69, 9.17) is 4.74 Å². The van der Waals surface area contributed by atoms with Gasteiger partial charge in [-0.15, -0.1) is 0 Å². The Morgan fingerprint density at radius 1 is 1.10 bits per heavy atom. The number of pyridine rings is 1. The van der Waals surface area contributed by atoms with Gasteiger partial charge in [0, 0.05) is 24.3 Å². The summed E-state index contributed by atoms with van der Waals surface area (Å²) in [7, 11) is 0. The Balaban J connectivity index is 2.00. The highest BCUT2D eigenvalue weighted by molar-refractivity contribution is 5.25. The molecule has 0 bridgehead atoms. The van der Waals surface area contributed by atoms with Gasteiger partial charge in [-0.2, -0.15) is 0 Å². The van der Waals surface area contributed by atoms with Gasteiger partial charge in [0.15, 0.2) is 0 Å². The zero-order valence-corrected chi connectivity index (χ0v) is 12.4. The Hall–Kier alpha value is -1.87. The van der Waals surface area contributed by atoms with E-state index in [9.17, 15) is 0 Å². The summed E-state index contributed by atoms with van der Waals surface area (Å²) in [6, 6.07) is 14.7. The first-order valence-corrected chi connectivity index (χ1v) is 7.01. The lowest BCUT2D eigenvalue weighted by molar-refractivity contribution is 0.293. The van der Waals surface area contributed by atoms with E-state index >= 15 is 0 Å². The molecule has 0 unspecified atom stereocenters. The Morgan fingerprint density at radius 2 is 1.85 bits per heavy atom. The molecule has 0 amide bonds. The number of ether oxygens (including phenoxy) is 1. The third kappa shape index (κ3) is 4.67. The van der Waals surface area contributed by atoms with Crippen molar-refractivity contribution in [3.8, 4) is 5.88 Å². The average Bonchev–Trinajstić information content (AvgIpc) is 2.44. The molecule has 0 spiro atoms. The van der Waals surface area contributed by atoms with Crippen LogP contribution in [0.2, 0.25) is 0 Å². The summed E-state index contributed by atoms with van der Waals surface area (Å²) in [5, 5.41) is 3.41. The van der Waals surface area contributed by atoms with E-state index in [1.54, 1.807) is 0 Å². The van der Waals surface area contributed by atoms with Gasteiger partial charge in [0.25, 0.3) is 0 Å². The fraction of sp³-hybridized carbons (Fsp3) is 0.353. The molecule has 2 aromatic rings. The summed E-state index contributed by atoms with van der Waals surface area (Å²) in [6.07, 6.45) is 0. The zero-order valence-electron chi connectivity index (χ0n) is 12.4. The fourth-order valence-electron chi connectivity index (χ4n) is 1.94. The summed E-state index contributed by atoms with van der Waals surface area (Å²) >= 11 is 0. The van der Waals surface area contributed by atoms with Crippen molar-refractivity contribution in [3.05, 3.63) is 59.3 Å². The van der Waals surface area contributed by atoms with E-state index in [0.29, 0.717) is 18.5 Å². The van der Waals surface area contributed by atoms with Gasteiger partial charge in [-0.3, -0.25) is 0 Å². The van der Waals surface area contributed by atoms with Gasteiger partial charge in [-0.1, -0.05) is 44.2 Å². The number of rotatable bonds is 6. The van der Waals surface area contributed by atoms with Crippen molar-refractivity contribution in [3.63, 3.8) is 0 Å². The lowest BCUT2D eigenvalue weighted by atomic mass is 10.2. The van der Waals surface area contributed by atoms with Crippen LogP contribution in [0.25, 0.3) is 0 Å². The van der Waals surface area contributed by atoms with Crippen LogP contribution < -0.4 is 10.1 Å². The summed E-state index contributed by atoms with van der Waals surface area (Å²) < 4.78 is 5.78. The van der Waals surface area contributed by atoms with Gasteiger partial charge in [0.1, 0.15) is 6.61 Å². The first-order chi connectivity index (χ1) is 9.63. The molecule has 0 atom stereocenters. The molecule has 0 fully saturated rings. The molecule has 3 nitrogen and oxygen atoms in total. The molecule has 1 aromatic heterocycles. The van der Waals surface area contributed by atoms with Crippen LogP contribution in [-0.2, 0) is 13.2 Å². The maximum Gasteiger partial charge on any atom is 0.214 e. The van der Waals surface area contributed by atoms with Crippen molar-refractivity contribution in [2.75, 3.05) is 0 Å². The second kappa shape index (κ2) is 7.06. The van der Waals surface area contributed by atoms with Gasteiger partial charge in [0.05, 0.1) is 0 Å². The Morgan fingerprint density at radius 3 is 2.55 bits per heavy atom. The predicted octanol–water partition coefficient (Wildman–Crippen LogP) is 3.47. The first kappa shape index (κ1) is 14.5. The van der Waals surface area contributed by atoms with E-state index in [1.807, 2.05) is 31.2 Å². The summed E-state index contributed by atoms with van der Waals surface area (Å²) in [5.41, 5.74) is 3.34. The summed E-state index contributed by atoms with van der Waals surface area (Å²) in [6.45, 7) is 7.66. The third-order valence-corrected chi connectivity index (χ3v) is 2.93. The van der Waals surface area contributed by atoms with E-state index in [2.05, 4.69) is 42.3 Å². The van der Waals surface area contributed by atoms with E-state index in [1.165, 1.54) is 5.56 Å². The van der Waals surface area contributed by atoms with E-state index in [0.717, 1.165) is 17.8 Å². The van der Waals surface area contributed by atoms with Crippen LogP contribution in [-0.4, -0.2) is 11.0 Å². The van der Waals surface area contributed by atoms with Crippen molar-refractivity contribution in [1.82, 2.24) is 10.3 Å². The van der Waals surface area contributed by atoms with Crippen LogP contribution >= 0.6 is 0 Å². The number of nitrogens with one attached hydrogen (secondary N) is 1. The molecule has 1 heterocycles. The topological polar surface area (TPSA) is 34.1 Å². The van der Waals surface area contributed by atoms with Crippen molar-refractivity contribution in [1.29, 1.82) is 0 Å². The Labute approximate surface area is 121 Å². The molecular weight excluding hydrogens is 248 g/mol. The molecule has 20 heavy (non-hydrogen) atoms. The molecule has 0 aliphatic rings. The molecular formula is C17H22N2O. The van der Waals surface area contributed by atoms with Crippen molar-refractivity contribution >= 4 is 0 Å². The van der Waals surface area contributed by atoms with Gasteiger partial charge in [-0.05, 0) is 24.1 Å². The van der Waals surface area contributed by atoms with Crippen LogP contribution in [0.5, 0.6) is 5.88 Å². The number of hydrogen-bond donors (Lipinski definition) is 1. The van der Waals surface area contributed by atoms with Gasteiger partial charge in [-0.25, -0.2) is 4.98 Å². The van der Waals surface area contributed by atoms with Gasteiger partial charge in [0.2, 0.25) is 5.88 Å². The maximum absolute atomic E-state index is 5.78. The minimum atomic E-state index is 0.470. The molecule has 1 N–H and O–H groups in total. The van der Waals surface area contributed by atoms with Crippen LogP contribution in [0.15, 0.2) is 42.5 Å². The molecule has 0 saturated heterocycles. The monoisotopic (exact) mass is 270 g/mol. The molecule has 1 aromatic carbocycles. The average molecular weight is 270 g/mol. The fourth-order valence-corrected chi connectivity index (χ4v) is 1.94. The molecule has 0 aliphatic carbocycles. The highest BCUT2D eigenvalue weighted by atomic mass is 16.5. The lowest BCUT2D eigenvalue weighted by Crippen LogP contribution is -2.21. The second-order valence-electron chi connectivity index (χ2n) is 5.26. The lowest BCUT2D eigenvalue weighted by Gasteiger charge is -2.11. The number of aromatic nitrogens is 1. The van der Waals surface area contributed by atoms with Gasteiger partial charge >= 0.3 is 0 Å².